The molecule has 3 aromatic rings. The van der Waals surface area contributed by atoms with Crippen molar-refractivity contribution in [1.82, 2.24) is 4.98 Å². The van der Waals surface area contributed by atoms with Gasteiger partial charge in [0.15, 0.2) is 0 Å². The molecule has 2 atom stereocenters. The summed E-state index contributed by atoms with van der Waals surface area (Å²) in [6, 6.07) is 9.97. The van der Waals surface area contributed by atoms with Crippen LogP contribution in [0.2, 0.25) is 0 Å². The zero-order valence-corrected chi connectivity index (χ0v) is 16.7. The van der Waals surface area contributed by atoms with E-state index >= 15 is 0 Å². The van der Waals surface area contributed by atoms with Crippen LogP contribution in [0.5, 0.6) is 0 Å². The summed E-state index contributed by atoms with van der Waals surface area (Å²) in [5.74, 6) is -0.912. The van der Waals surface area contributed by atoms with Gasteiger partial charge in [0, 0.05) is 39.1 Å². The molecule has 0 spiro atoms. The SMILES string of the molecule is CCOC(=O)c1[nH]c2c(C(C)O)cccc2c1-c1ccc(CS(C)=O)c(F)c1. The number of carbonyl (C=O) groups excluding carboxylic acids is 1. The molecule has 148 valence electrons. The van der Waals surface area contributed by atoms with E-state index in [1.165, 1.54) is 12.3 Å². The molecule has 0 aliphatic heterocycles. The molecule has 3 rings (SSSR count). The van der Waals surface area contributed by atoms with E-state index in [4.69, 9.17) is 4.74 Å². The number of halogens is 1. The second-order valence-electron chi connectivity index (χ2n) is 6.56. The Morgan fingerprint density at radius 2 is 2.07 bits per heavy atom. The van der Waals surface area contributed by atoms with E-state index in [9.17, 15) is 18.5 Å². The lowest BCUT2D eigenvalue weighted by atomic mass is 9.98. The van der Waals surface area contributed by atoms with Crippen molar-refractivity contribution < 1.29 is 23.2 Å². The van der Waals surface area contributed by atoms with Gasteiger partial charge >= 0.3 is 5.97 Å². The van der Waals surface area contributed by atoms with Crippen LogP contribution < -0.4 is 0 Å². The van der Waals surface area contributed by atoms with Gasteiger partial charge in [-0.15, -0.1) is 0 Å². The Hall–Kier alpha value is -2.51. The van der Waals surface area contributed by atoms with Gasteiger partial charge < -0.3 is 14.8 Å². The number of hydrogen-bond acceptors (Lipinski definition) is 4. The van der Waals surface area contributed by atoms with E-state index in [0.29, 0.717) is 33.2 Å². The molecule has 28 heavy (non-hydrogen) atoms. The maximum absolute atomic E-state index is 14.6. The molecule has 2 N–H and O–H groups in total. The molecule has 5 nitrogen and oxygen atoms in total. The van der Waals surface area contributed by atoms with E-state index in [1.807, 2.05) is 6.07 Å². The number of H-pyrrole nitrogens is 1. The van der Waals surface area contributed by atoms with Crippen LogP contribution in [-0.2, 0) is 21.3 Å². The number of para-hydroxylation sites is 1. The van der Waals surface area contributed by atoms with Crippen molar-refractivity contribution in [2.24, 2.45) is 0 Å². The van der Waals surface area contributed by atoms with E-state index in [2.05, 4.69) is 4.98 Å². The first-order valence-electron chi connectivity index (χ1n) is 8.92. The van der Waals surface area contributed by atoms with Gasteiger partial charge in [0.25, 0.3) is 0 Å². The molecule has 0 radical (unpaired) electrons. The van der Waals surface area contributed by atoms with Crippen LogP contribution in [0.25, 0.3) is 22.0 Å². The lowest BCUT2D eigenvalue weighted by molar-refractivity contribution is 0.0521. The third-order valence-electron chi connectivity index (χ3n) is 4.50. The van der Waals surface area contributed by atoms with Crippen LogP contribution in [0.4, 0.5) is 4.39 Å². The highest BCUT2D eigenvalue weighted by molar-refractivity contribution is 7.83. The molecule has 0 amide bonds. The number of rotatable bonds is 6. The highest BCUT2D eigenvalue weighted by Gasteiger charge is 2.23. The van der Waals surface area contributed by atoms with Gasteiger partial charge in [0.1, 0.15) is 11.5 Å². The Balaban J connectivity index is 2.25. The molecular formula is C21H22FNO4S. The molecule has 0 aliphatic carbocycles. The molecule has 2 aromatic carbocycles. The second kappa shape index (κ2) is 8.24. The van der Waals surface area contributed by atoms with Crippen LogP contribution in [0.15, 0.2) is 36.4 Å². The summed E-state index contributed by atoms with van der Waals surface area (Å²) in [6.07, 6.45) is 0.771. The number of esters is 1. The summed E-state index contributed by atoms with van der Waals surface area (Å²) in [5.41, 5.74) is 2.81. The summed E-state index contributed by atoms with van der Waals surface area (Å²) in [5, 5.41) is 10.8. The summed E-state index contributed by atoms with van der Waals surface area (Å²) in [6.45, 7) is 3.55. The van der Waals surface area contributed by atoms with Gasteiger partial charge in [0.2, 0.25) is 0 Å². The minimum atomic E-state index is -1.16. The van der Waals surface area contributed by atoms with Crippen molar-refractivity contribution in [2.75, 3.05) is 12.9 Å². The first-order chi connectivity index (χ1) is 13.3. The fourth-order valence-corrected chi connectivity index (χ4v) is 3.96. The van der Waals surface area contributed by atoms with Gasteiger partial charge in [-0.25, -0.2) is 9.18 Å². The summed E-state index contributed by atoms with van der Waals surface area (Å²) < 4.78 is 31.2. The number of fused-ring (bicyclic) bond motifs is 1. The third kappa shape index (κ3) is 3.86. The average molecular weight is 403 g/mol. The lowest BCUT2D eigenvalue weighted by Crippen LogP contribution is -2.06. The molecule has 0 aliphatic rings. The van der Waals surface area contributed by atoms with Crippen LogP contribution in [-0.4, -0.2) is 33.1 Å². The molecule has 0 saturated carbocycles. The van der Waals surface area contributed by atoms with Crippen molar-refractivity contribution in [3.8, 4) is 11.1 Å². The number of carbonyl (C=O) groups is 1. The van der Waals surface area contributed by atoms with E-state index in [-0.39, 0.29) is 18.1 Å². The molecule has 7 heteroatoms. The molecule has 0 saturated heterocycles. The van der Waals surface area contributed by atoms with Gasteiger partial charge in [-0.1, -0.05) is 30.3 Å². The standard InChI is InChI=1S/C21H22FNO4S/c1-4-27-21(25)20-18(13-8-9-14(11-28(3)26)17(22)10-13)16-7-5-6-15(12(2)24)19(16)23-20/h5-10,12,23-24H,4,11H2,1-3H3. The number of aromatic amines is 1. The fraction of sp³-hybridized carbons (Fsp3) is 0.286. The average Bonchev–Trinajstić information content (AvgIpc) is 3.02. The first kappa shape index (κ1) is 20.2. The number of aliphatic hydroxyl groups excluding tert-OH is 1. The predicted molar refractivity (Wildman–Crippen MR) is 108 cm³/mol. The highest BCUT2D eigenvalue weighted by atomic mass is 32.2. The molecule has 1 heterocycles. The summed E-state index contributed by atoms with van der Waals surface area (Å²) in [4.78, 5) is 15.6. The Labute approximate surface area is 165 Å². The number of ether oxygens (including phenoxy) is 1. The zero-order valence-electron chi connectivity index (χ0n) is 15.9. The smallest absolute Gasteiger partial charge is 0.355 e. The zero-order chi connectivity index (χ0) is 20.4. The number of aliphatic hydroxyl groups is 1. The maximum Gasteiger partial charge on any atom is 0.355 e. The number of aromatic nitrogens is 1. The van der Waals surface area contributed by atoms with Crippen LogP contribution in [0, 0.1) is 5.82 Å². The monoisotopic (exact) mass is 403 g/mol. The van der Waals surface area contributed by atoms with Crippen molar-refractivity contribution in [3.63, 3.8) is 0 Å². The van der Waals surface area contributed by atoms with Crippen molar-refractivity contribution in [3.05, 3.63) is 59.0 Å². The van der Waals surface area contributed by atoms with E-state index in [0.717, 1.165) is 0 Å². The summed E-state index contributed by atoms with van der Waals surface area (Å²) in [7, 11) is -1.16. The number of benzene rings is 2. The number of hydrogen-bond donors (Lipinski definition) is 2. The van der Waals surface area contributed by atoms with Crippen LogP contribution >= 0.6 is 0 Å². The van der Waals surface area contributed by atoms with Gasteiger partial charge in [-0.05, 0) is 25.5 Å². The quantitative estimate of drug-likeness (QED) is 0.608. The van der Waals surface area contributed by atoms with Crippen LogP contribution in [0.1, 0.15) is 41.6 Å². The van der Waals surface area contributed by atoms with Crippen molar-refractivity contribution in [1.29, 1.82) is 0 Å². The minimum absolute atomic E-state index is 0.122. The normalized spacial score (nSPS) is 13.5. The van der Waals surface area contributed by atoms with E-state index < -0.39 is 28.7 Å². The predicted octanol–water partition coefficient (Wildman–Crippen LogP) is 4.08. The maximum atomic E-state index is 14.6. The molecule has 0 fully saturated rings. The third-order valence-corrected chi connectivity index (χ3v) is 5.21. The fourth-order valence-electron chi connectivity index (χ4n) is 3.28. The second-order valence-corrected chi connectivity index (χ2v) is 8.00. The van der Waals surface area contributed by atoms with Gasteiger partial charge in [-0.3, -0.25) is 4.21 Å². The largest absolute Gasteiger partial charge is 0.461 e. The van der Waals surface area contributed by atoms with E-state index in [1.54, 1.807) is 38.1 Å². The molecular weight excluding hydrogens is 381 g/mol. The molecule has 0 bridgehead atoms. The molecule has 1 aromatic heterocycles. The van der Waals surface area contributed by atoms with Crippen molar-refractivity contribution in [2.45, 2.75) is 25.7 Å². The Bertz CT molecular complexity index is 1060. The Kier molecular flexibility index (Phi) is 5.96. The Morgan fingerprint density at radius 3 is 2.68 bits per heavy atom. The van der Waals surface area contributed by atoms with Crippen molar-refractivity contribution >= 4 is 27.7 Å². The van der Waals surface area contributed by atoms with Gasteiger partial charge in [0.05, 0.1) is 24.0 Å². The highest BCUT2D eigenvalue weighted by Crippen LogP contribution is 2.36. The molecule has 2 unspecified atom stereocenters. The topological polar surface area (TPSA) is 79.4 Å². The van der Waals surface area contributed by atoms with Crippen LogP contribution in [0.3, 0.4) is 0 Å². The first-order valence-corrected chi connectivity index (χ1v) is 10.6. The lowest BCUT2D eigenvalue weighted by Gasteiger charge is -2.08. The Morgan fingerprint density at radius 1 is 1.32 bits per heavy atom. The minimum Gasteiger partial charge on any atom is -0.461 e. The number of nitrogens with one attached hydrogen (secondary N) is 1. The summed E-state index contributed by atoms with van der Waals surface area (Å²) >= 11 is 0. The van der Waals surface area contributed by atoms with Gasteiger partial charge in [-0.2, -0.15) is 0 Å².